The van der Waals surface area contributed by atoms with Crippen LogP contribution in [0.5, 0.6) is 5.75 Å². The number of anilines is 6. The summed E-state index contributed by atoms with van der Waals surface area (Å²) in [5.74, 6) is -1.03. The van der Waals surface area contributed by atoms with E-state index in [0.29, 0.717) is 84.5 Å². The number of methoxy groups -OCH3 is 1. The Kier molecular flexibility index (Phi) is 11.7. The number of hydrogen-bond acceptors (Lipinski definition) is 13. The van der Waals surface area contributed by atoms with Gasteiger partial charge in [-0.1, -0.05) is 29.8 Å². The number of hydrogen-bond donors (Lipinski definition) is 4. The van der Waals surface area contributed by atoms with Crippen molar-refractivity contribution < 1.29 is 33.3 Å². The van der Waals surface area contributed by atoms with Gasteiger partial charge in [-0.2, -0.15) is 4.98 Å². The minimum absolute atomic E-state index is 0.0193. The van der Waals surface area contributed by atoms with Crippen molar-refractivity contribution in [2.24, 2.45) is 0 Å². The molecule has 5 amide bonds. The molecule has 16 nitrogen and oxygen atoms in total. The van der Waals surface area contributed by atoms with E-state index in [1.165, 1.54) is 6.20 Å². The number of amides is 5. The van der Waals surface area contributed by atoms with E-state index in [4.69, 9.17) is 16.3 Å². The lowest BCUT2D eigenvalue weighted by Crippen LogP contribution is -2.54. The summed E-state index contributed by atoms with van der Waals surface area (Å²) in [6.07, 6.45) is 2.39. The van der Waals surface area contributed by atoms with Gasteiger partial charge in [-0.05, 0) is 62.6 Å². The summed E-state index contributed by atoms with van der Waals surface area (Å²) in [7, 11) is -0.999. The lowest BCUT2D eigenvalue weighted by atomic mass is 10.0. The Balaban J connectivity index is 0.906. The molecule has 7 rings (SSSR count). The molecule has 1 aromatic heterocycles. The Morgan fingerprint density at radius 3 is 2.45 bits per heavy atom. The second-order valence-electron chi connectivity index (χ2n) is 14.5. The number of carbonyl (C=O) groups excluding carboxylic acids is 5. The normalized spacial score (nSPS) is 16.9. The number of rotatable bonds is 13. The zero-order chi connectivity index (χ0) is 41.1. The maximum atomic E-state index is 13.4. The number of nitrogens with one attached hydrogen (secondary N) is 4. The van der Waals surface area contributed by atoms with Gasteiger partial charge in [0.05, 0.1) is 35.8 Å². The van der Waals surface area contributed by atoms with Crippen molar-refractivity contribution in [2.75, 3.05) is 74.0 Å². The predicted octanol–water partition coefficient (Wildman–Crippen LogP) is 4.82. The van der Waals surface area contributed by atoms with E-state index in [9.17, 15) is 28.5 Å². The third kappa shape index (κ3) is 8.48. The molecule has 3 aliphatic heterocycles. The van der Waals surface area contributed by atoms with E-state index in [-0.39, 0.29) is 35.8 Å². The summed E-state index contributed by atoms with van der Waals surface area (Å²) in [5.41, 5.74) is 3.05. The third-order valence-corrected chi connectivity index (χ3v) is 12.1. The number of halogens is 1. The monoisotopic (exact) mass is 827 g/mol. The SMILES string of the molecule is COc1cc(N2CCN(C(=O)CCCNc3cccc4c3C(=O)N(C3CCC(=O)NC3=O)C4=O)CC2)ccc1Nc1ncc(Cl)c(Nc2ccccc2P(C)(C)=O)n1. The second kappa shape index (κ2) is 16.9. The predicted molar refractivity (Wildman–Crippen MR) is 222 cm³/mol. The number of aromatic nitrogens is 2. The Morgan fingerprint density at radius 2 is 1.71 bits per heavy atom. The highest BCUT2D eigenvalue weighted by molar-refractivity contribution is 7.70. The number of nitrogens with zero attached hydrogens (tertiary/aromatic N) is 5. The van der Waals surface area contributed by atoms with E-state index in [2.05, 4.69) is 36.1 Å². The highest BCUT2D eigenvalue weighted by Gasteiger charge is 2.45. The second-order valence-corrected chi connectivity index (χ2v) is 18.1. The molecule has 58 heavy (non-hydrogen) atoms. The average molecular weight is 828 g/mol. The molecule has 2 fully saturated rings. The molecule has 302 valence electrons. The van der Waals surface area contributed by atoms with Gasteiger partial charge in [0.25, 0.3) is 11.8 Å². The van der Waals surface area contributed by atoms with Crippen LogP contribution in [0.3, 0.4) is 0 Å². The molecule has 0 saturated carbocycles. The molecule has 2 saturated heterocycles. The molecule has 4 N–H and O–H groups in total. The summed E-state index contributed by atoms with van der Waals surface area (Å²) in [6.45, 7) is 6.11. The van der Waals surface area contributed by atoms with Gasteiger partial charge in [-0.25, -0.2) is 4.98 Å². The molecule has 0 spiro atoms. The van der Waals surface area contributed by atoms with Gasteiger partial charge < -0.3 is 35.1 Å². The van der Waals surface area contributed by atoms with E-state index in [1.807, 2.05) is 47.4 Å². The first-order valence-electron chi connectivity index (χ1n) is 18.8. The fourth-order valence-corrected chi connectivity index (χ4v) is 8.58. The molecule has 1 atom stereocenters. The van der Waals surface area contributed by atoms with Crippen LogP contribution in [-0.2, 0) is 18.9 Å². The molecule has 1 unspecified atom stereocenters. The van der Waals surface area contributed by atoms with Crippen molar-refractivity contribution in [3.05, 3.63) is 83.0 Å². The summed E-state index contributed by atoms with van der Waals surface area (Å²) in [5, 5.41) is 12.8. The van der Waals surface area contributed by atoms with Crippen LogP contribution in [-0.4, -0.2) is 109 Å². The Labute approximate surface area is 340 Å². The Morgan fingerprint density at radius 1 is 0.948 bits per heavy atom. The number of imide groups is 2. The number of piperazine rings is 1. The van der Waals surface area contributed by atoms with Crippen LogP contribution in [0.25, 0.3) is 0 Å². The van der Waals surface area contributed by atoms with Gasteiger partial charge in [-0.15, -0.1) is 0 Å². The van der Waals surface area contributed by atoms with Crippen molar-refractivity contribution in [1.82, 2.24) is 25.1 Å². The van der Waals surface area contributed by atoms with Crippen LogP contribution in [0.1, 0.15) is 46.4 Å². The largest absolute Gasteiger partial charge is 0.494 e. The molecule has 3 aliphatic rings. The fraction of sp³-hybridized carbons (Fsp3) is 0.325. The van der Waals surface area contributed by atoms with Crippen molar-refractivity contribution in [3.63, 3.8) is 0 Å². The molecular formula is C40H43ClN9O7P. The topological polar surface area (TPSA) is 195 Å². The zero-order valence-electron chi connectivity index (χ0n) is 32.2. The highest BCUT2D eigenvalue weighted by Crippen LogP contribution is 2.39. The first kappa shape index (κ1) is 40.2. The molecule has 3 aromatic carbocycles. The number of piperidine rings is 1. The Hall–Kier alpha value is -5.99. The molecule has 4 aromatic rings. The van der Waals surface area contributed by atoms with Crippen LogP contribution >= 0.6 is 18.7 Å². The number of carbonyl (C=O) groups is 5. The van der Waals surface area contributed by atoms with E-state index in [0.717, 1.165) is 10.6 Å². The molecule has 0 radical (unpaired) electrons. The van der Waals surface area contributed by atoms with Crippen molar-refractivity contribution in [2.45, 2.75) is 31.7 Å². The maximum Gasteiger partial charge on any atom is 0.264 e. The average Bonchev–Trinajstić information content (AvgIpc) is 3.46. The summed E-state index contributed by atoms with van der Waals surface area (Å²) in [6, 6.07) is 16.9. The fourth-order valence-electron chi connectivity index (χ4n) is 7.29. The lowest BCUT2D eigenvalue weighted by Gasteiger charge is -2.36. The molecular weight excluding hydrogens is 785 g/mol. The van der Waals surface area contributed by atoms with Gasteiger partial charge in [-0.3, -0.25) is 34.2 Å². The number of para-hydroxylation sites is 1. The van der Waals surface area contributed by atoms with E-state index >= 15 is 0 Å². The Bertz CT molecular complexity index is 2350. The molecule has 18 heteroatoms. The van der Waals surface area contributed by atoms with Crippen LogP contribution in [0, 0.1) is 0 Å². The molecule has 0 bridgehead atoms. The first-order valence-corrected chi connectivity index (χ1v) is 21.8. The van der Waals surface area contributed by atoms with Gasteiger partial charge in [0.2, 0.25) is 23.7 Å². The van der Waals surface area contributed by atoms with Crippen LogP contribution in [0.15, 0.2) is 66.9 Å². The molecule has 0 aliphatic carbocycles. The summed E-state index contributed by atoms with van der Waals surface area (Å²) in [4.78, 5) is 77.6. The van der Waals surface area contributed by atoms with Gasteiger partial charge >= 0.3 is 0 Å². The maximum absolute atomic E-state index is 13.4. The van der Waals surface area contributed by atoms with Crippen molar-refractivity contribution in [3.8, 4) is 5.75 Å². The zero-order valence-corrected chi connectivity index (χ0v) is 33.9. The molecule has 4 heterocycles. The smallest absolute Gasteiger partial charge is 0.264 e. The van der Waals surface area contributed by atoms with Crippen molar-refractivity contribution in [1.29, 1.82) is 0 Å². The van der Waals surface area contributed by atoms with Gasteiger partial charge in [0, 0.05) is 68.3 Å². The minimum atomic E-state index is -2.58. The number of benzene rings is 3. The minimum Gasteiger partial charge on any atom is -0.494 e. The quantitative estimate of drug-likeness (QED) is 0.0815. The van der Waals surface area contributed by atoms with Crippen molar-refractivity contribution >= 4 is 88.1 Å². The third-order valence-electron chi connectivity index (χ3n) is 10.3. The highest BCUT2D eigenvalue weighted by atomic mass is 35.5. The van der Waals surface area contributed by atoms with E-state index in [1.54, 1.807) is 38.6 Å². The lowest BCUT2D eigenvalue weighted by molar-refractivity contribution is -0.136. The first-order chi connectivity index (χ1) is 27.8. The standard InChI is InChI=1S/C40H43ClN9O7P/c1-57-31-22-24(13-14-27(31)45-40-43-23-26(41)36(47-40)44-28-9-4-5-11-32(28)58(2,3)56)48-18-20-49(21-19-48)34(52)12-7-17-42-29-10-6-8-25-35(29)39(55)50(38(25)54)30-15-16-33(51)46-37(30)53/h4-6,8-11,13-14,22-23,30,42H,7,12,15-21H2,1-3H3,(H,46,51,53)(H2,43,44,45,47). The van der Waals surface area contributed by atoms with Crippen LogP contribution in [0.4, 0.5) is 34.5 Å². The van der Waals surface area contributed by atoms with E-state index < -0.39 is 36.8 Å². The number of ether oxygens (including phenoxy) is 1. The van der Waals surface area contributed by atoms with Gasteiger partial charge in [0.15, 0.2) is 5.82 Å². The van der Waals surface area contributed by atoms with Gasteiger partial charge in [0.1, 0.15) is 24.0 Å². The number of fused-ring (bicyclic) bond motifs is 1. The van der Waals surface area contributed by atoms with Crippen LogP contribution in [0.2, 0.25) is 5.02 Å². The summed E-state index contributed by atoms with van der Waals surface area (Å²) < 4.78 is 18.6. The van der Waals surface area contributed by atoms with Crippen LogP contribution < -0.4 is 36.2 Å². The summed E-state index contributed by atoms with van der Waals surface area (Å²) >= 11 is 6.44.